The molecule has 4 heteroatoms. The Morgan fingerprint density at radius 3 is 2.94 bits per heavy atom. The number of nitrogens with zero attached hydrogens (tertiary/aromatic N) is 2. The number of aryl methyl sites for hydroxylation is 1. The number of fused-ring (bicyclic) bond motifs is 1. The van der Waals surface area contributed by atoms with E-state index in [4.69, 9.17) is 5.73 Å². The lowest BCUT2D eigenvalue weighted by Crippen LogP contribution is -2.15. The summed E-state index contributed by atoms with van der Waals surface area (Å²) in [5.74, 6) is 0. The van der Waals surface area contributed by atoms with Crippen molar-refractivity contribution in [3.63, 3.8) is 0 Å². The molecule has 0 saturated carbocycles. The fraction of sp³-hybridized carbons (Fsp3) is 0.308. The van der Waals surface area contributed by atoms with Crippen LogP contribution in [0.5, 0.6) is 0 Å². The maximum Gasteiger partial charge on any atom is 0.107 e. The Labute approximate surface area is 105 Å². The summed E-state index contributed by atoms with van der Waals surface area (Å²) < 4.78 is 0. The predicted octanol–water partition coefficient (Wildman–Crippen LogP) is 2.55. The molecule has 2 N–H and O–H groups in total. The highest BCUT2D eigenvalue weighted by Crippen LogP contribution is 2.26. The molecule has 1 aromatic heterocycles. The van der Waals surface area contributed by atoms with Crippen LogP contribution in [-0.2, 0) is 19.6 Å². The van der Waals surface area contributed by atoms with E-state index in [0.29, 0.717) is 0 Å². The Morgan fingerprint density at radius 2 is 2.18 bits per heavy atom. The van der Waals surface area contributed by atoms with E-state index in [2.05, 4.69) is 27.4 Å². The van der Waals surface area contributed by atoms with Gasteiger partial charge in [0.15, 0.2) is 0 Å². The zero-order valence-corrected chi connectivity index (χ0v) is 10.6. The van der Waals surface area contributed by atoms with Crippen LogP contribution in [0, 0.1) is 6.92 Å². The maximum absolute atomic E-state index is 5.80. The standard InChI is InChI=1S/C13H15N3S/c1-9-8-17-13(15-9)7-16-5-10-2-3-12(14)4-11(10)6-16/h2-4,8H,5-7,14H2,1H3. The number of hydrogen-bond acceptors (Lipinski definition) is 4. The summed E-state index contributed by atoms with van der Waals surface area (Å²) in [5.41, 5.74) is 10.5. The number of benzene rings is 1. The summed E-state index contributed by atoms with van der Waals surface area (Å²) in [6.07, 6.45) is 0. The normalized spacial score (nSPS) is 15.1. The molecule has 88 valence electrons. The topological polar surface area (TPSA) is 42.1 Å². The van der Waals surface area contributed by atoms with Gasteiger partial charge in [-0.3, -0.25) is 4.90 Å². The van der Waals surface area contributed by atoms with E-state index in [1.807, 2.05) is 13.0 Å². The molecule has 17 heavy (non-hydrogen) atoms. The molecule has 0 saturated heterocycles. The van der Waals surface area contributed by atoms with E-state index in [0.717, 1.165) is 31.0 Å². The van der Waals surface area contributed by atoms with Crippen LogP contribution < -0.4 is 5.73 Å². The Hall–Kier alpha value is -1.39. The number of thiazole rings is 1. The summed E-state index contributed by atoms with van der Waals surface area (Å²) in [4.78, 5) is 6.91. The summed E-state index contributed by atoms with van der Waals surface area (Å²) in [6.45, 7) is 4.97. The summed E-state index contributed by atoms with van der Waals surface area (Å²) >= 11 is 1.74. The second kappa shape index (κ2) is 4.13. The van der Waals surface area contributed by atoms with E-state index in [1.165, 1.54) is 16.1 Å². The molecule has 0 unspecified atom stereocenters. The molecular formula is C13H15N3S. The zero-order chi connectivity index (χ0) is 11.8. The van der Waals surface area contributed by atoms with Crippen molar-refractivity contribution >= 4 is 17.0 Å². The maximum atomic E-state index is 5.80. The molecule has 0 atom stereocenters. The molecule has 2 aromatic rings. The minimum Gasteiger partial charge on any atom is -0.399 e. The van der Waals surface area contributed by atoms with Gasteiger partial charge in [0, 0.05) is 29.9 Å². The first kappa shape index (κ1) is 10.7. The van der Waals surface area contributed by atoms with Gasteiger partial charge in [-0.05, 0) is 30.2 Å². The Kier molecular flexibility index (Phi) is 2.61. The Bertz CT molecular complexity index is 545. The Balaban J connectivity index is 1.74. The van der Waals surface area contributed by atoms with Crippen LogP contribution in [0.2, 0.25) is 0 Å². The highest BCUT2D eigenvalue weighted by Gasteiger charge is 2.19. The average molecular weight is 245 g/mol. The van der Waals surface area contributed by atoms with Gasteiger partial charge < -0.3 is 5.73 Å². The molecule has 0 amide bonds. The molecule has 1 aliphatic rings. The number of hydrogen-bond donors (Lipinski definition) is 1. The van der Waals surface area contributed by atoms with Crippen LogP contribution in [-0.4, -0.2) is 9.88 Å². The van der Waals surface area contributed by atoms with Gasteiger partial charge in [0.25, 0.3) is 0 Å². The van der Waals surface area contributed by atoms with Crippen molar-refractivity contribution in [2.75, 3.05) is 5.73 Å². The minimum absolute atomic E-state index is 0.857. The molecule has 3 rings (SSSR count). The quantitative estimate of drug-likeness (QED) is 0.827. The monoisotopic (exact) mass is 245 g/mol. The molecule has 0 bridgehead atoms. The van der Waals surface area contributed by atoms with Gasteiger partial charge in [-0.1, -0.05) is 6.07 Å². The number of nitrogen functional groups attached to an aromatic ring is 1. The SMILES string of the molecule is Cc1csc(CN2Cc3ccc(N)cc3C2)n1. The van der Waals surface area contributed by atoms with E-state index in [1.54, 1.807) is 11.3 Å². The first-order valence-electron chi connectivity index (χ1n) is 5.71. The second-order valence-corrected chi connectivity index (χ2v) is 5.50. The van der Waals surface area contributed by atoms with Crippen LogP contribution in [0.3, 0.4) is 0 Å². The van der Waals surface area contributed by atoms with Gasteiger partial charge in [-0.15, -0.1) is 11.3 Å². The van der Waals surface area contributed by atoms with Crippen molar-refractivity contribution in [1.82, 2.24) is 9.88 Å². The molecule has 0 fully saturated rings. The van der Waals surface area contributed by atoms with Crippen molar-refractivity contribution in [2.24, 2.45) is 0 Å². The van der Waals surface area contributed by atoms with E-state index in [-0.39, 0.29) is 0 Å². The lowest BCUT2D eigenvalue weighted by molar-refractivity contribution is 0.275. The third-order valence-corrected chi connectivity index (χ3v) is 4.00. The van der Waals surface area contributed by atoms with Crippen molar-refractivity contribution in [3.05, 3.63) is 45.4 Å². The smallest absolute Gasteiger partial charge is 0.107 e. The van der Waals surface area contributed by atoms with Gasteiger partial charge in [0.1, 0.15) is 5.01 Å². The molecule has 1 aromatic carbocycles. The van der Waals surface area contributed by atoms with E-state index < -0.39 is 0 Å². The third-order valence-electron chi connectivity index (χ3n) is 3.04. The van der Waals surface area contributed by atoms with Gasteiger partial charge in [0.05, 0.1) is 6.54 Å². The number of rotatable bonds is 2. The molecule has 0 aliphatic carbocycles. The van der Waals surface area contributed by atoms with Crippen LogP contribution in [0.25, 0.3) is 0 Å². The molecule has 0 radical (unpaired) electrons. The van der Waals surface area contributed by atoms with Gasteiger partial charge in [-0.2, -0.15) is 0 Å². The molecule has 0 spiro atoms. The van der Waals surface area contributed by atoms with Gasteiger partial charge in [0.2, 0.25) is 0 Å². The largest absolute Gasteiger partial charge is 0.399 e. The van der Waals surface area contributed by atoms with Gasteiger partial charge >= 0.3 is 0 Å². The first-order chi connectivity index (χ1) is 8.20. The van der Waals surface area contributed by atoms with Crippen LogP contribution in [0.1, 0.15) is 21.8 Å². The van der Waals surface area contributed by atoms with Gasteiger partial charge in [-0.25, -0.2) is 4.98 Å². The number of nitrogens with two attached hydrogens (primary N) is 1. The van der Waals surface area contributed by atoms with E-state index >= 15 is 0 Å². The zero-order valence-electron chi connectivity index (χ0n) is 9.81. The van der Waals surface area contributed by atoms with Crippen molar-refractivity contribution in [1.29, 1.82) is 0 Å². The number of aromatic nitrogens is 1. The molecule has 3 nitrogen and oxygen atoms in total. The van der Waals surface area contributed by atoms with Crippen molar-refractivity contribution in [3.8, 4) is 0 Å². The average Bonchev–Trinajstić information content (AvgIpc) is 2.84. The second-order valence-electron chi connectivity index (χ2n) is 4.56. The summed E-state index contributed by atoms with van der Waals surface area (Å²) in [5, 5.41) is 3.31. The lowest BCUT2D eigenvalue weighted by Gasteiger charge is -2.11. The molecule has 2 heterocycles. The Morgan fingerprint density at radius 1 is 1.35 bits per heavy atom. The fourth-order valence-corrected chi connectivity index (χ4v) is 3.08. The van der Waals surface area contributed by atoms with Crippen LogP contribution in [0.4, 0.5) is 5.69 Å². The molecule has 1 aliphatic heterocycles. The lowest BCUT2D eigenvalue weighted by atomic mass is 10.1. The predicted molar refractivity (Wildman–Crippen MR) is 70.7 cm³/mol. The van der Waals surface area contributed by atoms with Crippen molar-refractivity contribution in [2.45, 2.75) is 26.6 Å². The van der Waals surface area contributed by atoms with E-state index in [9.17, 15) is 0 Å². The first-order valence-corrected chi connectivity index (χ1v) is 6.59. The highest BCUT2D eigenvalue weighted by atomic mass is 32.1. The fourth-order valence-electron chi connectivity index (χ4n) is 2.26. The third kappa shape index (κ3) is 2.18. The van der Waals surface area contributed by atoms with Crippen LogP contribution in [0.15, 0.2) is 23.6 Å². The summed E-state index contributed by atoms with van der Waals surface area (Å²) in [7, 11) is 0. The molecular weight excluding hydrogens is 230 g/mol. The minimum atomic E-state index is 0.857. The summed E-state index contributed by atoms with van der Waals surface area (Å²) in [6, 6.07) is 6.20. The highest BCUT2D eigenvalue weighted by molar-refractivity contribution is 7.09. The van der Waals surface area contributed by atoms with Crippen LogP contribution >= 0.6 is 11.3 Å². The van der Waals surface area contributed by atoms with Crippen molar-refractivity contribution < 1.29 is 0 Å². The number of anilines is 1.